The fourth-order valence-corrected chi connectivity index (χ4v) is 2.07. The summed E-state index contributed by atoms with van der Waals surface area (Å²) in [5.41, 5.74) is 5.55. The molecule has 1 amide bonds. The Kier molecular flexibility index (Phi) is 4.51. The number of carbonyl (C=O) groups is 2. The molecule has 1 aliphatic carbocycles. The second-order valence-corrected chi connectivity index (χ2v) is 5.48. The first-order chi connectivity index (χ1) is 7.82. The van der Waals surface area contributed by atoms with Crippen molar-refractivity contribution in [3.63, 3.8) is 0 Å². The van der Waals surface area contributed by atoms with Gasteiger partial charge in [0.15, 0.2) is 0 Å². The Hall–Kier alpha value is -1.10. The average Bonchev–Trinajstić information content (AvgIpc) is 2.13. The van der Waals surface area contributed by atoms with Gasteiger partial charge in [0.2, 0.25) is 5.91 Å². The van der Waals surface area contributed by atoms with Gasteiger partial charge in [0.25, 0.3) is 0 Å². The van der Waals surface area contributed by atoms with Gasteiger partial charge in [-0.05, 0) is 31.6 Å². The second kappa shape index (κ2) is 5.49. The van der Waals surface area contributed by atoms with Crippen molar-refractivity contribution in [2.45, 2.75) is 57.5 Å². The molecule has 5 nitrogen and oxygen atoms in total. The van der Waals surface area contributed by atoms with Crippen molar-refractivity contribution in [2.75, 3.05) is 0 Å². The van der Waals surface area contributed by atoms with Crippen LogP contribution >= 0.6 is 0 Å². The molecule has 1 saturated carbocycles. The standard InChI is InChI=1S/C12H22N2O3/c1-8(2)6-9(11(16)17)14-10(15)7-12(13)4-3-5-12/h8-9H,3-7,13H2,1-2H3,(H,14,15)(H,16,17)/t9-/m1/s1. The molecule has 0 spiro atoms. The Morgan fingerprint density at radius 1 is 1.41 bits per heavy atom. The highest BCUT2D eigenvalue weighted by Crippen LogP contribution is 2.31. The van der Waals surface area contributed by atoms with Gasteiger partial charge < -0.3 is 16.2 Å². The van der Waals surface area contributed by atoms with Crippen molar-refractivity contribution in [2.24, 2.45) is 11.7 Å². The molecule has 0 aromatic carbocycles. The van der Waals surface area contributed by atoms with Crippen LogP contribution in [0.15, 0.2) is 0 Å². The molecule has 17 heavy (non-hydrogen) atoms. The maximum Gasteiger partial charge on any atom is 0.326 e. The molecule has 0 saturated heterocycles. The van der Waals surface area contributed by atoms with Crippen LogP contribution in [0, 0.1) is 5.92 Å². The fraction of sp³-hybridized carbons (Fsp3) is 0.833. The molecule has 0 unspecified atom stereocenters. The molecule has 1 aliphatic rings. The minimum atomic E-state index is -0.980. The summed E-state index contributed by atoms with van der Waals surface area (Å²) in [7, 11) is 0. The monoisotopic (exact) mass is 242 g/mol. The third-order valence-corrected chi connectivity index (χ3v) is 3.20. The smallest absolute Gasteiger partial charge is 0.326 e. The van der Waals surface area contributed by atoms with Gasteiger partial charge in [0.1, 0.15) is 6.04 Å². The summed E-state index contributed by atoms with van der Waals surface area (Å²) in [5.74, 6) is -1.00. The molecule has 5 heteroatoms. The zero-order valence-electron chi connectivity index (χ0n) is 10.5. The topological polar surface area (TPSA) is 92.4 Å². The van der Waals surface area contributed by atoms with Crippen molar-refractivity contribution in [3.05, 3.63) is 0 Å². The molecular formula is C12H22N2O3. The lowest BCUT2D eigenvalue weighted by molar-refractivity contribution is -0.142. The molecule has 0 bridgehead atoms. The van der Waals surface area contributed by atoms with E-state index in [1.807, 2.05) is 13.8 Å². The van der Waals surface area contributed by atoms with E-state index in [2.05, 4.69) is 5.32 Å². The lowest BCUT2D eigenvalue weighted by atomic mass is 9.75. The third-order valence-electron chi connectivity index (χ3n) is 3.20. The quantitative estimate of drug-likeness (QED) is 0.644. The Labute approximate surface area is 102 Å². The van der Waals surface area contributed by atoms with Gasteiger partial charge in [0.05, 0.1) is 0 Å². The van der Waals surface area contributed by atoms with Gasteiger partial charge >= 0.3 is 5.97 Å². The highest BCUT2D eigenvalue weighted by molar-refractivity contribution is 5.84. The zero-order chi connectivity index (χ0) is 13.1. The largest absolute Gasteiger partial charge is 0.480 e. The fourth-order valence-electron chi connectivity index (χ4n) is 2.07. The number of carbonyl (C=O) groups excluding carboxylic acids is 1. The predicted molar refractivity (Wildman–Crippen MR) is 64.4 cm³/mol. The SMILES string of the molecule is CC(C)C[C@@H](NC(=O)CC1(N)CCC1)C(=O)O. The Morgan fingerprint density at radius 2 is 2.00 bits per heavy atom. The number of carboxylic acid groups (broad SMARTS) is 1. The lowest BCUT2D eigenvalue weighted by Gasteiger charge is -2.37. The third kappa shape index (κ3) is 4.34. The molecule has 0 heterocycles. The van der Waals surface area contributed by atoms with E-state index in [1.54, 1.807) is 0 Å². The van der Waals surface area contributed by atoms with E-state index in [0.29, 0.717) is 6.42 Å². The van der Waals surface area contributed by atoms with E-state index < -0.39 is 17.6 Å². The van der Waals surface area contributed by atoms with Gasteiger partial charge in [-0.15, -0.1) is 0 Å². The van der Waals surface area contributed by atoms with Crippen molar-refractivity contribution in [1.82, 2.24) is 5.32 Å². The summed E-state index contributed by atoms with van der Waals surface area (Å²) in [5, 5.41) is 11.5. The van der Waals surface area contributed by atoms with Crippen LogP contribution in [0.1, 0.15) is 46.0 Å². The summed E-state index contributed by atoms with van der Waals surface area (Å²) < 4.78 is 0. The molecule has 1 fully saturated rings. The molecule has 0 aromatic heterocycles. The summed E-state index contributed by atoms with van der Waals surface area (Å²) in [4.78, 5) is 22.7. The molecule has 98 valence electrons. The van der Waals surface area contributed by atoms with Crippen LogP contribution in [0.25, 0.3) is 0 Å². The predicted octanol–water partition coefficient (Wildman–Crippen LogP) is 0.873. The summed E-state index contributed by atoms with van der Waals surface area (Å²) in [6, 6.07) is -0.800. The van der Waals surface area contributed by atoms with Crippen LogP contribution in [-0.4, -0.2) is 28.6 Å². The number of hydrogen-bond donors (Lipinski definition) is 3. The molecule has 0 aromatic rings. The number of rotatable bonds is 6. The highest BCUT2D eigenvalue weighted by atomic mass is 16.4. The maximum absolute atomic E-state index is 11.7. The summed E-state index contributed by atoms with van der Waals surface area (Å²) in [6.07, 6.45) is 3.43. The van der Waals surface area contributed by atoms with Crippen molar-refractivity contribution >= 4 is 11.9 Å². The first-order valence-electron chi connectivity index (χ1n) is 6.13. The lowest BCUT2D eigenvalue weighted by Crippen LogP contribution is -2.52. The molecule has 0 radical (unpaired) electrons. The van der Waals surface area contributed by atoms with E-state index in [9.17, 15) is 9.59 Å². The number of hydrogen-bond acceptors (Lipinski definition) is 3. The van der Waals surface area contributed by atoms with Crippen molar-refractivity contribution < 1.29 is 14.7 Å². The van der Waals surface area contributed by atoms with Crippen LogP contribution in [-0.2, 0) is 9.59 Å². The van der Waals surface area contributed by atoms with E-state index in [0.717, 1.165) is 19.3 Å². The molecule has 4 N–H and O–H groups in total. The van der Waals surface area contributed by atoms with E-state index in [1.165, 1.54) is 0 Å². The summed E-state index contributed by atoms with van der Waals surface area (Å²) in [6.45, 7) is 3.86. The summed E-state index contributed by atoms with van der Waals surface area (Å²) >= 11 is 0. The van der Waals surface area contributed by atoms with E-state index >= 15 is 0 Å². The van der Waals surface area contributed by atoms with Gasteiger partial charge in [-0.2, -0.15) is 0 Å². The maximum atomic E-state index is 11.7. The van der Waals surface area contributed by atoms with Crippen LogP contribution in [0.4, 0.5) is 0 Å². The van der Waals surface area contributed by atoms with E-state index in [4.69, 9.17) is 10.8 Å². The Bertz CT molecular complexity index is 298. The van der Waals surface area contributed by atoms with Gasteiger partial charge in [-0.1, -0.05) is 13.8 Å². The minimum Gasteiger partial charge on any atom is -0.480 e. The Balaban J connectivity index is 2.43. The highest BCUT2D eigenvalue weighted by Gasteiger charge is 2.35. The first-order valence-corrected chi connectivity index (χ1v) is 6.13. The number of carboxylic acids is 1. The van der Waals surface area contributed by atoms with Crippen LogP contribution in [0.2, 0.25) is 0 Å². The first kappa shape index (κ1) is 14.0. The molecule has 1 atom stereocenters. The number of aliphatic carboxylic acids is 1. The second-order valence-electron chi connectivity index (χ2n) is 5.48. The normalized spacial score (nSPS) is 19.5. The Morgan fingerprint density at radius 3 is 2.35 bits per heavy atom. The average molecular weight is 242 g/mol. The van der Waals surface area contributed by atoms with Crippen LogP contribution in [0.5, 0.6) is 0 Å². The van der Waals surface area contributed by atoms with Gasteiger partial charge in [-0.25, -0.2) is 4.79 Å². The molecule has 0 aliphatic heterocycles. The molecular weight excluding hydrogens is 220 g/mol. The van der Waals surface area contributed by atoms with Crippen LogP contribution < -0.4 is 11.1 Å². The van der Waals surface area contributed by atoms with Crippen LogP contribution in [0.3, 0.4) is 0 Å². The van der Waals surface area contributed by atoms with Gasteiger partial charge in [0, 0.05) is 12.0 Å². The zero-order valence-corrected chi connectivity index (χ0v) is 10.5. The number of amides is 1. The van der Waals surface area contributed by atoms with Crippen molar-refractivity contribution in [3.8, 4) is 0 Å². The number of nitrogens with one attached hydrogen (secondary N) is 1. The molecule has 1 rings (SSSR count). The number of nitrogens with two attached hydrogens (primary N) is 1. The van der Waals surface area contributed by atoms with Crippen molar-refractivity contribution in [1.29, 1.82) is 0 Å². The van der Waals surface area contributed by atoms with E-state index in [-0.39, 0.29) is 18.2 Å². The van der Waals surface area contributed by atoms with Gasteiger partial charge in [-0.3, -0.25) is 4.79 Å². The minimum absolute atomic E-state index is 0.229.